The second-order valence-electron chi connectivity index (χ2n) is 4.20. The topological polar surface area (TPSA) is 29.5 Å². The zero-order chi connectivity index (χ0) is 8.13. The minimum Gasteiger partial charge on any atom is -0.392 e. The third-order valence-corrected chi connectivity index (χ3v) is 3.60. The highest BCUT2D eigenvalue weighted by Crippen LogP contribution is 2.44. The van der Waals surface area contributed by atoms with E-state index in [1.807, 2.05) is 0 Å². The molecule has 0 aromatic rings. The lowest BCUT2D eigenvalue weighted by atomic mass is 9.74. The van der Waals surface area contributed by atoms with E-state index in [0.717, 1.165) is 12.8 Å². The molecule has 0 amide bonds. The van der Waals surface area contributed by atoms with E-state index in [1.165, 1.54) is 6.42 Å². The van der Waals surface area contributed by atoms with Crippen molar-refractivity contribution in [3.05, 3.63) is 12.2 Å². The van der Waals surface area contributed by atoms with Crippen molar-refractivity contribution in [2.75, 3.05) is 0 Å². The van der Waals surface area contributed by atoms with Gasteiger partial charge >= 0.3 is 0 Å². The Morgan fingerprint density at radius 3 is 2.25 bits per heavy atom. The molecular formula is C10H14O2. The van der Waals surface area contributed by atoms with Gasteiger partial charge in [0.15, 0.2) is 0 Å². The summed E-state index contributed by atoms with van der Waals surface area (Å²) in [6, 6.07) is 0. The standard InChI is InChI=1S/C10H14O2/c11-10-6-2-1-3-7(10)9-5-4-8(6)12-9/h4-11H,1-3H2. The zero-order valence-electron chi connectivity index (χ0n) is 7.02. The van der Waals surface area contributed by atoms with Gasteiger partial charge in [0.1, 0.15) is 0 Å². The van der Waals surface area contributed by atoms with Gasteiger partial charge in [-0.15, -0.1) is 0 Å². The molecule has 3 rings (SSSR count). The van der Waals surface area contributed by atoms with Gasteiger partial charge in [-0.3, -0.25) is 0 Å². The second kappa shape index (κ2) is 2.33. The fraction of sp³-hybridized carbons (Fsp3) is 0.800. The molecule has 2 heteroatoms. The minimum atomic E-state index is -0.0995. The molecule has 3 aliphatic rings. The monoisotopic (exact) mass is 166 g/mol. The van der Waals surface area contributed by atoms with Gasteiger partial charge in [0.25, 0.3) is 0 Å². The lowest BCUT2D eigenvalue weighted by Gasteiger charge is -2.44. The summed E-state index contributed by atoms with van der Waals surface area (Å²) < 4.78 is 5.76. The summed E-state index contributed by atoms with van der Waals surface area (Å²) >= 11 is 0. The number of hydrogen-bond donors (Lipinski definition) is 1. The predicted octanol–water partition coefficient (Wildman–Crippen LogP) is 1.10. The Morgan fingerprint density at radius 2 is 1.67 bits per heavy atom. The fourth-order valence-corrected chi connectivity index (χ4v) is 2.94. The number of aliphatic hydroxyl groups excluding tert-OH is 1. The molecule has 1 N–H and O–H groups in total. The summed E-state index contributed by atoms with van der Waals surface area (Å²) in [5.74, 6) is 0.775. The van der Waals surface area contributed by atoms with Gasteiger partial charge in [-0.1, -0.05) is 18.6 Å². The average molecular weight is 166 g/mol. The molecule has 2 heterocycles. The number of rotatable bonds is 0. The first-order chi connectivity index (χ1) is 5.86. The fourth-order valence-electron chi connectivity index (χ4n) is 2.94. The van der Waals surface area contributed by atoms with Crippen molar-refractivity contribution in [2.45, 2.75) is 37.6 Å². The number of hydrogen-bond acceptors (Lipinski definition) is 2. The molecule has 0 aromatic heterocycles. The van der Waals surface area contributed by atoms with E-state index in [1.54, 1.807) is 0 Å². The van der Waals surface area contributed by atoms with Crippen LogP contribution in [-0.4, -0.2) is 23.4 Å². The SMILES string of the molecule is OC1C2CCCC1C1C=CC2O1. The molecule has 2 nitrogen and oxygen atoms in total. The highest BCUT2D eigenvalue weighted by Gasteiger charge is 2.47. The van der Waals surface area contributed by atoms with Crippen LogP contribution in [-0.2, 0) is 4.74 Å². The Balaban J connectivity index is 1.97. The maximum absolute atomic E-state index is 9.95. The summed E-state index contributed by atoms with van der Waals surface area (Å²) in [6.45, 7) is 0. The van der Waals surface area contributed by atoms with E-state index < -0.39 is 0 Å². The van der Waals surface area contributed by atoms with E-state index in [9.17, 15) is 5.11 Å². The van der Waals surface area contributed by atoms with Gasteiger partial charge in [0.2, 0.25) is 0 Å². The maximum Gasteiger partial charge on any atom is 0.0817 e. The van der Waals surface area contributed by atoms with Gasteiger partial charge in [-0.25, -0.2) is 0 Å². The molecule has 2 aliphatic heterocycles. The highest BCUT2D eigenvalue weighted by atomic mass is 16.5. The summed E-state index contributed by atoms with van der Waals surface area (Å²) in [4.78, 5) is 0. The quantitative estimate of drug-likeness (QED) is 0.546. The van der Waals surface area contributed by atoms with Crippen molar-refractivity contribution >= 4 is 0 Å². The van der Waals surface area contributed by atoms with Crippen LogP contribution in [0.5, 0.6) is 0 Å². The molecule has 2 fully saturated rings. The molecule has 1 saturated heterocycles. The molecule has 66 valence electrons. The molecule has 0 spiro atoms. The van der Waals surface area contributed by atoms with Crippen LogP contribution in [0.25, 0.3) is 0 Å². The number of aliphatic hydroxyl groups is 1. The Hall–Kier alpha value is -0.340. The van der Waals surface area contributed by atoms with Crippen molar-refractivity contribution < 1.29 is 9.84 Å². The van der Waals surface area contributed by atoms with Crippen LogP contribution in [0.15, 0.2) is 12.2 Å². The molecule has 1 aliphatic carbocycles. The van der Waals surface area contributed by atoms with Crippen LogP contribution >= 0.6 is 0 Å². The van der Waals surface area contributed by atoms with Gasteiger partial charge in [0, 0.05) is 11.8 Å². The molecule has 4 unspecified atom stereocenters. The van der Waals surface area contributed by atoms with Gasteiger partial charge < -0.3 is 9.84 Å². The van der Waals surface area contributed by atoms with Crippen LogP contribution in [0.2, 0.25) is 0 Å². The lowest BCUT2D eigenvalue weighted by molar-refractivity contribution is -0.147. The zero-order valence-corrected chi connectivity index (χ0v) is 7.02. The van der Waals surface area contributed by atoms with E-state index in [0.29, 0.717) is 11.8 Å². The molecule has 0 radical (unpaired) electrons. The van der Waals surface area contributed by atoms with E-state index in [2.05, 4.69) is 12.2 Å². The van der Waals surface area contributed by atoms with Crippen molar-refractivity contribution in [1.29, 1.82) is 0 Å². The van der Waals surface area contributed by atoms with E-state index in [-0.39, 0.29) is 18.3 Å². The van der Waals surface area contributed by atoms with Gasteiger partial charge in [-0.05, 0) is 12.8 Å². The molecular weight excluding hydrogens is 152 g/mol. The first-order valence-corrected chi connectivity index (χ1v) is 4.88. The van der Waals surface area contributed by atoms with Crippen LogP contribution in [0, 0.1) is 11.8 Å². The number of ether oxygens (including phenoxy) is 1. The predicted molar refractivity (Wildman–Crippen MR) is 44.6 cm³/mol. The Bertz CT molecular complexity index is 204. The lowest BCUT2D eigenvalue weighted by Crippen LogP contribution is -2.49. The first kappa shape index (κ1) is 7.10. The minimum absolute atomic E-state index is 0.0995. The Labute approximate surface area is 72.2 Å². The average Bonchev–Trinajstić information content (AvgIpc) is 2.47. The largest absolute Gasteiger partial charge is 0.392 e. The summed E-state index contributed by atoms with van der Waals surface area (Å²) in [6.07, 6.45) is 8.18. The van der Waals surface area contributed by atoms with Gasteiger partial charge in [0.05, 0.1) is 18.3 Å². The first-order valence-electron chi connectivity index (χ1n) is 4.88. The smallest absolute Gasteiger partial charge is 0.0817 e. The van der Waals surface area contributed by atoms with Crippen molar-refractivity contribution in [2.24, 2.45) is 11.8 Å². The molecule has 4 bridgehead atoms. The molecule has 12 heavy (non-hydrogen) atoms. The van der Waals surface area contributed by atoms with Crippen LogP contribution in [0.4, 0.5) is 0 Å². The Kier molecular flexibility index (Phi) is 1.38. The van der Waals surface area contributed by atoms with Crippen LogP contribution < -0.4 is 0 Å². The van der Waals surface area contributed by atoms with E-state index in [4.69, 9.17) is 4.74 Å². The van der Waals surface area contributed by atoms with Crippen molar-refractivity contribution in [1.82, 2.24) is 0 Å². The van der Waals surface area contributed by atoms with Crippen LogP contribution in [0.1, 0.15) is 19.3 Å². The van der Waals surface area contributed by atoms with Gasteiger partial charge in [-0.2, -0.15) is 0 Å². The third kappa shape index (κ3) is 0.771. The summed E-state index contributed by atoms with van der Waals surface area (Å²) in [7, 11) is 0. The van der Waals surface area contributed by atoms with Crippen LogP contribution in [0.3, 0.4) is 0 Å². The highest BCUT2D eigenvalue weighted by molar-refractivity contribution is 5.14. The number of fused-ring (bicyclic) bond motifs is 6. The Morgan fingerprint density at radius 1 is 1.08 bits per heavy atom. The second-order valence-corrected chi connectivity index (χ2v) is 4.20. The maximum atomic E-state index is 9.95. The summed E-state index contributed by atoms with van der Waals surface area (Å²) in [5.41, 5.74) is 0. The summed E-state index contributed by atoms with van der Waals surface area (Å²) in [5, 5.41) is 9.95. The normalized spacial score (nSPS) is 55.9. The van der Waals surface area contributed by atoms with Crippen molar-refractivity contribution in [3.63, 3.8) is 0 Å². The molecule has 1 saturated carbocycles. The van der Waals surface area contributed by atoms with E-state index >= 15 is 0 Å². The third-order valence-electron chi connectivity index (χ3n) is 3.60. The molecule has 4 atom stereocenters. The molecule has 0 aromatic carbocycles. The van der Waals surface area contributed by atoms with Crippen molar-refractivity contribution in [3.8, 4) is 0 Å².